The van der Waals surface area contributed by atoms with Gasteiger partial charge >= 0.3 is 0 Å². The second-order valence-electron chi connectivity index (χ2n) is 8.14. The Morgan fingerprint density at radius 3 is 2.56 bits per heavy atom. The van der Waals surface area contributed by atoms with E-state index in [-0.39, 0.29) is 17.2 Å². The molecule has 0 aliphatic heterocycles. The van der Waals surface area contributed by atoms with Gasteiger partial charge in [-0.25, -0.2) is 8.42 Å². The summed E-state index contributed by atoms with van der Waals surface area (Å²) < 4.78 is 34.0. The van der Waals surface area contributed by atoms with E-state index in [1.807, 2.05) is 30.3 Å². The fourth-order valence-electron chi connectivity index (χ4n) is 3.91. The van der Waals surface area contributed by atoms with Crippen LogP contribution in [0, 0.1) is 6.92 Å². The number of nitrogens with one attached hydrogen (secondary N) is 2. The summed E-state index contributed by atoms with van der Waals surface area (Å²) in [6.45, 7) is 2.28. The first-order valence-corrected chi connectivity index (χ1v) is 12.5. The molecule has 0 bridgehead atoms. The summed E-state index contributed by atoms with van der Waals surface area (Å²) in [7, 11) is -2.36. The molecule has 2 aromatic carbocycles. The van der Waals surface area contributed by atoms with E-state index >= 15 is 0 Å². The first kappa shape index (κ1) is 24.0. The number of rotatable bonds is 10. The van der Waals surface area contributed by atoms with Crippen LogP contribution in [0.5, 0.6) is 5.75 Å². The Bertz CT molecular complexity index is 1050. The van der Waals surface area contributed by atoms with Gasteiger partial charge in [-0.1, -0.05) is 42.0 Å². The number of hydrogen-bond donors (Lipinski definition) is 2. The van der Waals surface area contributed by atoms with Crippen molar-refractivity contribution >= 4 is 15.9 Å². The van der Waals surface area contributed by atoms with Gasteiger partial charge in [0.05, 0.1) is 12.0 Å². The number of sulfonamides is 1. The van der Waals surface area contributed by atoms with Gasteiger partial charge in [0.2, 0.25) is 15.9 Å². The van der Waals surface area contributed by atoms with Crippen LogP contribution in [0.1, 0.15) is 43.2 Å². The van der Waals surface area contributed by atoms with Crippen LogP contribution in [-0.4, -0.2) is 34.0 Å². The molecule has 0 saturated carbocycles. The molecule has 2 N–H and O–H groups in total. The first-order chi connectivity index (χ1) is 15.4. The summed E-state index contributed by atoms with van der Waals surface area (Å²) in [5.74, 6) is 0.290. The summed E-state index contributed by atoms with van der Waals surface area (Å²) in [6, 6.07) is 13.2. The lowest BCUT2D eigenvalue weighted by Crippen LogP contribution is -2.48. The molecule has 2 aromatic rings. The first-order valence-electron chi connectivity index (χ1n) is 11.1. The zero-order chi connectivity index (χ0) is 23.0. The van der Waals surface area contributed by atoms with Gasteiger partial charge < -0.3 is 10.1 Å². The second-order valence-corrected chi connectivity index (χ2v) is 9.86. The highest BCUT2D eigenvalue weighted by Crippen LogP contribution is 2.22. The lowest BCUT2D eigenvalue weighted by molar-refractivity contribution is -0.122. The van der Waals surface area contributed by atoms with Crippen LogP contribution < -0.4 is 14.8 Å². The molecular weight excluding hydrogens is 424 g/mol. The molecule has 0 fully saturated rings. The zero-order valence-corrected chi connectivity index (χ0v) is 19.6. The van der Waals surface area contributed by atoms with Crippen LogP contribution in [0.25, 0.3) is 0 Å². The molecule has 1 atom stereocenters. The lowest BCUT2D eigenvalue weighted by atomic mass is 9.97. The molecular formula is C25H32N2O4S. The Morgan fingerprint density at radius 1 is 1.12 bits per heavy atom. The Hall–Kier alpha value is -2.64. The third-order valence-electron chi connectivity index (χ3n) is 5.70. The standard InChI is InChI=1S/C25H32N2O4S/c1-19-17-22(13-14-24(19)31-2)32(29,30)27-23(18-21-11-7-4-8-12-21)25(28)26-16-15-20-9-5-3-6-10-20/h4,7-9,11-14,17,23,27H,3,5-6,10,15-16,18H2,1-2H3,(H,26,28)/t23-/m0/s1. The van der Waals surface area contributed by atoms with E-state index in [1.165, 1.54) is 24.5 Å². The van der Waals surface area contributed by atoms with E-state index in [2.05, 4.69) is 16.1 Å². The minimum atomic E-state index is -3.90. The van der Waals surface area contributed by atoms with Crippen molar-refractivity contribution in [2.75, 3.05) is 13.7 Å². The maximum atomic E-state index is 13.1. The largest absolute Gasteiger partial charge is 0.496 e. The molecule has 0 spiro atoms. The van der Waals surface area contributed by atoms with Crippen molar-refractivity contribution in [3.8, 4) is 5.75 Å². The number of benzene rings is 2. The summed E-state index contributed by atoms with van der Waals surface area (Å²) in [5, 5.41) is 2.93. The molecule has 32 heavy (non-hydrogen) atoms. The van der Waals surface area contributed by atoms with Gasteiger partial charge in [-0.05, 0) is 74.8 Å². The smallest absolute Gasteiger partial charge is 0.241 e. The van der Waals surface area contributed by atoms with Crippen molar-refractivity contribution in [1.82, 2.24) is 10.0 Å². The van der Waals surface area contributed by atoms with E-state index in [9.17, 15) is 13.2 Å². The summed E-state index contributed by atoms with van der Waals surface area (Å²) in [6.07, 6.45) is 7.91. The Morgan fingerprint density at radius 2 is 1.91 bits per heavy atom. The van der Waals surface area contributed by atoms with Gasteiger partial charge in [-0.2, -0.15) is 4.72 Å². The van der Waals surface area contributed by atoms with Gasteiger partial charge in [-0.15, -0.1) is 0 Å². The fraction of sp³-hybridized carbons (Fsp3) is 0.400. The van der Waals surface area contributed by atoms with Crippen LogP contribution in [0.2, 0.25) is 0 Å². The maximum Gasteiger partial charge on any atom is 0.241 e. The Labute approximate surface area is 191 Å². The number of amides is 1. The monoisotopic (exact) mass is 456 g/mol. The van der Waals surface area contributed by atoms with E-state index in [4.69, 9.17) is 4.74 Å². The van der Waals surface area contributed by atoms with Crippen molar-refractivity contribution < 1.29 is 17.9 Å². The molecule has 1 amide bonds. The average molecular weight is 457 g/mol. The Kier molecular flexibility index (Phi) is 8.47. The molecule has 172 valence electrons. The molecule has 3 rings (SSSR count). The quantitative estimate of drug-likeness (QED) is 0.531. The number of aryl methyl sites for hydroxylation is 1. The molecule has 1 aliphatic rings. The summed E-state index contributed by atoms with van der Waals surface area (Å²) >= 11 is 0. The topological polar surface area (TPSA) is 84.5 Å². The number of ether oxygens (including phenoxy) is 1. The molecule has 0 heterocycles. The lowest BCUT2D eigenvalue weighted by Gasteiger charge is -2.20. The van der Waals surface area contributed by atoms with Gasteiger partial charge in [0.25, 0.3) is 0 Å². The third kappa shape index (κ3) is 6.68. The van der Waals surface area contributed by atoms with Crippen molar-refractivity contribution in [2.24, 2.45) is 0 Å². The van der Waals surface area contributed by atoms with Crippen LogP contribution in [0.3, 0.4) is 0 Å². The van der Waals surface area contributed by atoms with Gasteiger partial charge in [0.15, 0.2) is 0 Å². The minimum Gasteiger partial charge on any atom is -0.496 e. The van der Waals surface area contributed by atoms with Crippen molar-refractivity contribution in [3.05, 3.63) is 71.3 Å². The summed E-state index contributed by atoms with van der Waals surface area (Å²) in [5.41, 5.74) is 2.96. The number of carbonyl (C=O) groups excluding carboxylic acids is 1. The van der Waals surface area contributed by atoms with E-state index in [1.54, 1.807) is 26.2 Å². The fourth-order valence-corrected chi connectivity index (χ4v) is 5.19. The SMILES string of the molecule is COc1ccc(S(=O)(=O)N[C@@H](Cc2ccccc2)C(=O)NCCC2=CCCCC2)cc1C. The predicted octanol–water partition coefficient (Wildman–Crippen LogP) is 3.90. The van der Waals surface area contributed by atoms with Crippen molar-refractivity contribution in [3.63, 3.8) is 0 Å². The van der Waals surface area contributed by atoms with Crippen LogP contribution in [-0.2, 0) is 21.2 Å². The minimum absolute atomic E-state index is 0.106. The molecule has 1 aliphatic carbocycles. The second kappa shape index (κ2) is 11.3. The van der Waals surface area contributed by atoms with Crippen molar-refractivity contribution in [2.45, 2.75) is 56.4 Å². The Balaban J connectivity index is 1.73. The predicted molar refractivity (Wildman–Crippen MR) is 126 cm³/mol. The summed E-state index contributed by atoms with van der Waals surface area (Å²) in [4.78, 5) is 13.1. The van der Waals surface area contributed by atoms with Crippen LogP contribution in [0.15, 0.2) is 65.1 Å². The number of carbonyl (C=O) groups is 1. The molecule has 0 unspecified atom stereocenters. The number of hydrogen-bond acceptors (Lipinski definition) is 4. The third-order valence-corrected chi connectivity index (χ3v) is 7.17. The van der Waals surface area contributed by atoms with E-state index in [0.717, 1.165) is 24.8 Å². The van der Waals surface area contributed by atoms with Gasteiger partial charge in [0.1, 0.15) is 11.8 Å². The van der Waals surface area contributed by atoms with E-state index in [0.29, 0.717) is 17.9 Å². The van der Waals surface area contributed by atoms with E-state index < -0.39 is 16.1 Å². The average Bonchev–Trinajstić information content (AvgIpc) is 2.80. The van der Waals surface area contributed by atoms with Crippen LogP contribution in [0.4, 0.5) is 0 Å². The molecule has 0 radical (unpaired) electrons. The van der Waals surface area contributed by atoms with Crippen molar-refractivity contribution in [1.29, 1.82) is 0 Å². The highest BCUT2D eigenvalue weighted by Gasteiger charge is 2.26. The zero-order valence-electron chi connectivity index (χ0n) is 18.8. The number of allylic oxidation sites excluding steroid dienone is 1. The normalized spacial score (nSPS) is 15.0. The molecule has 0 saturated heterocycles. The molecule has 0 aromatic heterocycles. The molecule has 6 nitrogen and oxygen atoms in total. The highest BCUT2D eigenvalue weighted by molar-refractivity contribution is 7.89. The highest BCUT2D eigenvalue weighted by atomic mass is 32.2. The van der Waals surface area contributed by atoms with Gasteiger partial charge in [0, 0.05) is 6.54 Å². The molecule has 7 heteroatoms. The maximum absolute atomic E-state index is 13.1. The number of methoxy groups -OCH3 is 1. The van der Waals surface area contributed by atoms with Gasteiger partial charge in [-0.3, -0.25) is 4.79 Å². The van der Waals surface area contributed by atoms with Crippen LogP contribution >= 0.6 is 0 Å².